The number of thioether (sulfide) groups is 1. The van der Waals surface area contributed by atoms with Crippen LogP contribution in [0.5, 0.6) is 0 Å². The van der Waals surface area contributed by atoms with E-state index in [1.54, 1.807) is 16.7 Å². The van der Waals surface area contributed by atoms with E-state index < -0.39 is 6.04 Å². The van der Waals surface area contributed by atoms with Crippen LogP contribution in [0, 0.1) is 5.92 Å². The summed E-state index contributed by atoms with van der Waals surface area (Å²) in [6.45, 7) is 5.74. The fourth-order valence-electron chi connectivity index (χ4n) is 3.28. The van der Waals surface area contributed by atoms with Crippen LogP contribution in [0.3, 0.4) is 0 Å². The van der Waals surface area contributed by atoms with Gasteiger partial charge in [0.1, 0.15) is 11.4 Å². The van der Waals surface area contributed by atoms with Crippen LogP contribution in [0.4, 0.5) is 0 Å². The van der Waals surface area contributed by atoms with Crippen molar-refractivity contribution in [3.63, 3.8) is 0 Å². The Morgan fingerprint density at radius 3 is 2.19 bits per heavy atom. The maximum Gasteiger partial charge on any atom is 0.244 e. The molecule has 1 aliphatic rings. The summed E-state index contributed by atoms with van der Waals surface area (Å²) in [5.74, 6) is 0.371. The number of amides is 2. The summed E-state index contributed by atoms with van der Waals surface area (Å²) in [7, 11) is 0. The highest BCUT2D eigenvalue weighted by atomic mass is 32.2. The molecule has 0 saturated carbocycles. The smallest absolute Gasteiger partial charge is 0.244 e. The minimum absolute atomic E-state index is 0.0152. The second-order valence-electron chi connectivity index (χ2n) is 7.15. The van der Waals surface area contributed by atoms with Gasteiger partial charge in [0.25, 0.3) is 0 Å². The summed E-state index contributed by atoms with van der Waals surface area (Å²) in [4.78, 5) is 27.7. The lowest BCUT2D eigenvalue weighted by Gasteiger charge is -2.31. The minimum Gasteiger partial charge on any atom is -0.348 e. The Morgan fingerprint density at radius 1 is 1.00 bits per heavy atom. The van der Waals surface area contributed by atoms with Gasteiger partial charge < -0.3 is 10.2 Å². The number of hydrogen-bond acceptors (Lipinski definition) is 3. The van der Waals surface area contributed by atoms with Crippen LogP contribution < -0.4 is 5.32 Å². The first-order chi connectivity index (χ1) is 13.0. The maximum absolute atomic E-state index is 13.0. The molecular weight excluding hydrogens is 356 g/mol. The third-order valence-corrected chi connectivity index (χ3v) is 6.12. The zero-order valence-corrected chi connectivity index (χ0v) is 16.8. The Labute approximate surface area is 165 Å². The zero-order valence-electron chi connectivity index (χ0n) is 16.0. The Kier molecular flexibility index (Phi) is 6.22. The van der Waals surface area contributed by atoms with Gasteiger partial charge in [0, 0.05) is 11.7 Å². The van der Waals surface area contributed by atoms with Crippen molar-refractivity contribution in [1.29, 1.82) is 0 Å². The van der Waals surface area contributed by atoms with Gasteiger partial charge in [-0.1, -0.05) is 74.5 Å². The van der Waals surface area contributed by atoms with Crippen molar-refractivity contribution < 1.29 is 9.59 Å². The fourth-order valence-corrected chi connectivity index (χ4v) is 4.72. The quantitative estimate of drug-likeness (QED) is 0.845. The monoisotopic (exact) mass is 382 g/mol. The lowest BCUT2D eigenvalue weighted by Crippen LogP contribution is -2.49. The maximum atomic E-state index is 13.0. The number of carbonyl (C=O) groups is 2. The van der Waals surface area contributed by atoms with E-state index in [9.17, 15) is 9.59 Å². The first-order valence-electron chi connectivity index (χ1n) is 9.33. The number of carbonyl (C=O) groups excluding carboxylic acids is 2. The van der Waals surface area contributed by atoms with E-state index in [4.69, 9.17) is 0 Å². The van der Waals surface area contributed by atoms with Gasteiger partial charge in [0.05, 0.1) is 6.04 Å². The Balaban J connectivity index is 1.80. The van der Waals surface area contributed by atoms with E-state index in [0.29, 0.717) is 5.75 Å². The van der Waals surface area contributed by atoms with Gasteiger partial charge in [-0.05, 0) is 18.1 Å². The van der Waals surface area contributed by atoms with Crippen LogP contribution in [0.1, 0.15) is 43.3 Å². The first-order valence-corrected chi connectivity index (χ1v) is 10.4. The summed E-state index contributed by atoms with van der Waals surface area (Å²) >= 11 is 1.65. The van der Waals surface area contributed by atoms with E-state index in [1.807, 2.05) is 81.4 Å². The molecule has 5 heteroatoms. The number of hydrogen-bond donors (Lipinski definition) is 1. The molecule has 1 heterocycles. The number of nitrogens with zero attached hydrogens (tertiary/aromatic N) is 1. The molecule has 142 valence electrons. The molecule has 2 amide bonds. The molecule has 1 fully saturated rings. The molecule has 1 saturated heterocycles. The van der Waals surface area contributed by atoms with Crippen LogP contribution in [0.2, 0.25) is 0 Å². The molecule has 27 heavy (non-hydrogen) atoms. The third kappa shape index (κ3) is 4.35. The summed E-state index contributed by atoms with van der Waals surface area (Å²) in [5.41, 5.74) is 2.11. The number of rotatable bonds is 5. The summed E-state index contributed by atoms with van der Waals surface area (Å²) in [5, 5.41) is 2.97. The highest BCUT2D eigenvalue weighted by Crippen LogP contribution is 2.42. The summed E-state index contributed by atoms with van der Waals surface area (Å²) < 4.78 is 0. The van der Waals surface area contributed by atoms with Crippen molar-refractivity contribution in [2.24, 2.45) is 5.92 Å². The molecule has 2 aromatic carbocycles. The second-order valence-corrected chi connectivity index (χ2v) is 8.27. The fraction of sp³-hybridized carbons (Fsp3) is 0.364. The normalized spacial score (nSPS) is 20.5. The van der Waals surface area contributed by atoms with Gasteiger partial charge in [-0.3, -0.25) is 9.59 Å². The van der Waals surface area contributed by atoms with Crippen LogP contribution in [0.15, 0.2) is 60.7 Å². The highest BCUT2D eigenvalue weighted by molar-refractivity contribution is 7.99. The molecule has 0 unspecified atom stereocenters. The molecule has 1 aliphatic heterocycles. The molecule has 0 aromatic heterocycles. The van der Waals surface area contributed by atoms with E-state index in [2.05, 4.69) is 5.32 Å². The molecule has 0 aliphatic carbocycles. The van der Waals surface area contributed by atoms with Gasteiger partial charge >= 0.3 is 0 Å². The van der Waals surface area contributed by atoms with Crippen molar-refractivity contribution >= 4 is 23.6 Å². The SMILES string of the molecule is CC(C)C(=O)N1[C@@H](c2ccccc2)SC[C@H]1C(=O)N[C@@H](C)c1ccccc1. The van der Waals surface area contributed by atoms with Crippen molar-refractivity contribution in [1.82, 2.24) is 10.2 Å². The van der Waals surface area contributed by atoms with Crippen molar-refractivity contribution in [2.75, 3.05) is 5.75 Å². The van der Waals surface area contributed by atoms with Gasteiger partial charge in [-0.25, -0.2) is 0 Å². The molecule has 0 spiro atoms. The summed E-state index contributed by atoms with van der Waals surface area (Å²) in [6, 6.07) is 19.3. The molecule has 2 aromatic rings. The first kappa shape index (κ1) is 19.5. The van der Waals surface area contributed by atoms with Crippen LogP contribution in [0.25, 0.3) is 0 Å². The van der Waals surface area contributed by atoms with Crippen molar-refractivity contribution in [3.05, 3.63) is 71.8 Å². The molecular formula is C22H26N2O2S. The lowest BCUT2D eigenvalue weighted by atomic mass is 10.1. The van der Waals surface area contributed by atoms with E-state index in [1.165, 1.54) is 0 Å². The van der Waals surface area contributed by atoms with Gasteiger partial charge in [-0.2, -0.15) is 0 Å². The highest BCUT2D eigenvalue weighted by Gasteiger charge is 2.43. The topological polar surface area (TPSA) is 49.4 Å². The van der Waals surface area contributed by atoms with Crippen LogP contribution >= 0.6 is 11.8 Å². The Bertz CT molecular complexity index is 779. The second kappa shape index (κ2) is 8.61. The van der Waals surface area contributed by atoms with Crippen molar-refractivity contribution in [3.8, 4) is 0 Å². The van der Waals surface area contributed by atoms with Gasteiger partial charge in [0.2, 0.25) is 11.8 Å². The predicted octanol–water partition coefficient (Wildman–Crippen LogP) is 4.16. The van der Waals surface area contributed by atoms with E-state index >= 15 is 0 Å². The number of benzene rings is 2. The van der Waals surface area contributed by atoms with Crippen LogP contribution in [-0.4, -0.2) is 28.5 Å². The standard InChI is InChI=1S/C22H26N2O2S/c1-15(2)21(26)24-19(14-27-22(24)18-12-8-5-9-13-18)20(25)23-16(3)17-10-6-4-7-11-17/h4-13,15-16,19,22H,14H2,1-3H3,(H,23,25)/t16-,19-,22+/m0/s1. The van der Waals surface area contributed by atoms with Crippen molar-refractivity contribution in [2.45, 2.75) is 38.2 Å². The average Bonchev–Trinajstić information content (AvgIpc) is 3.13. The largest absolute Gasteiger partial charge is 0.348 e. The summed E-state index contributed by atoms with van der Waals surface area (Å²) in [6.07, 6.45) is 0. The lowest BCUT2D eigenvalue weighted by molar-refractivity contribution is -0.142. The van der Waals surface area contributed by atoms with Gasteiger partial charge in [-0.15, -0.1) is 11.8 Å². The third-order valence-electron chi connectivity index (χ3n) is 4.79. The molecule has 3 atom stereocenters. The molecule has 4 nitrogen and oxygen atoms in total. The Morgan fingerprint density at radius 2 is 1.59 bits per heavy atom. The molecule has 3 rings (SSSR count). The van der Waals surface area contributed by atoms with Gasteiger partial charge in [0.15, 0.2) is 0 Å². The number of nitrogens with one attached hydrogen (secondary N) is 1. The molecule has 0 bridgehead atoms. The molecule has 1 N–H and O–H groups in total. The average molecular weight is 383 g/mol. The van der Waals surface area contributed by atoms with E-state index in [0.717, 1.165) is 11.1 Å². The predicted molar refractivity (Wildman–Crippen MR) is 110 cm³/mol. The van der Waals surface area contributed by atoms with Crippen LogP contribution in [-0.2, 0) is 9.59 Å². The molecule has 0 radical (unpaired) electrons. The van der Waals surface area contributed by atoms with E-state index in [-0.39, 0.29) is 29.1 Å². The zero-order chi connectivity index (χ0) is 19.4. The minimum atomic E-state index is -0.457. The Hall–Kier alpha value is -2.27.